The molecule has 108 valence electrons. The van der Waals surface area contributed by atoms with Crippen molar-refractivity contribution in [2.75, 3.05) is 25.0 Å². The first-order chi connectivity index (χ1) is 9.54. The summed E-state index contributed by atoms with van der Waals surface area (Å²) in [6.45, 7) is 1.41. The smallest absolute Gasteiger partial charge is 0.307 e. The lowest BCUT2D eigenvalue weighted by Gasteiger charge is -2.29. The number of carboxylic acid groups (broad SMARTS) is 1. The number of carboxylic acids is 1. The minimum absolute atomic E-state index is 0.140. The first-order valence-electron chi connectivity index (χ1n) is 6.55. The predicted octanol–water partition coefficient (Wildman–Crippen LogP) is 2.08. The van der Waals surface area contributed by atoms with Crippen LogP contribution in [0.2, 0.25) is 5.02 Å². The Balaban J connectivity index is 1.85. The molecule has 0 aromatic heterocycles. The van der Waals surface area contributed by atoms with E-state index in [4.69, 9.17) is 16.7 Å². The molecule has 5 nitrogen and oxygen atoms in total. The number of likely N-dealkylation sites (tertiary alicyclic amines) is 1. The molecule has 2 rings (SSSR count). The van der Waals surface area contributed by atoms with Crippen molar-refractivity contribution in [2.45, 2.75) is 12.8 Å². The maximum absolute atomic E-state index is 11.9. The van der Waals surface area contributed by atoms with Crippen molar-refractivity contribution in [1.29, 1.82) is 0 Å². The van der Waals surface area contributed by atoms with Crippen molar-refractivity contribution >= 4 is 29.2 Å². The van der Waals surface area contributed by atoms with Crippen LogP contribution >= 0.6 is 11.6 Å². The fourth-order valence-corrected chi connectivity index (χ4v) is 2.46. The molecule has 1 aliphatic heterocycles. The van der Waals surface area contributed by atoms with E-state index in [9.17, 15) is 9.59 Å². The first-order valence-corrected chi connectivity index (χ1v) is 6.93. The number of halogens is 1. The Morgan fingerprint density at radius 3 is 2.70 bits per heavy atom. The average Bonchev–Trinajstić information content (AvgIpc) is 2.41. The third-order valence-corrected chi connectivity index (χ3v) is 3.60. The van der Waals surface area contributed by atoms with E-state index >= 15 is 0 Å². The zero-order chi connectivity index (χ0) is 14.5. The monoisotopic (exact) mass is 296 g/mol. The van der Waals surface area contributed by atoms with Gasteiger partial charge in [-0.15, -0.1) is 0 Å². The average molecular weight is 297 g/mol. The maximum Gasteiger partial charge on any atom is 0.307 e. The SMILES string of the molecule is O=C(CN1CCCC(C(=O)O)C1)Nc1ccc(Cl)cc1. The third-order valence-electron chi connectivity index (χ3n) is 3.35. The van der Waals surface area contributed by atoms with Crippen LogP contribution in [-0.2, 0) is 9.59 Å². The molecule has 0 radical (unpaired) electrons. The highest BCUT2D eigenvalue weighted by Gasteiger charge is 2.26. The molecule has 1 saturated heterocycles. The Hall–Kier alpha value is -1.59. The van der Waals surface area contributed by atoms with Gasteiger partial charge in [-0.25, -0.2) is 0 Å². The number of anilines is 1. The fraction of sp³-hybridized carbons (Fsp3) is 0.429. The van der Waals surface area contributed by atoms with Crippen LogP contribution in [0.25, 0.3) is 0 Å². The van der Waals surface area contributed by atoms with Gasteiger partial charge >= 0.3 is 5.97 Å². The van der Waals surface area contributed by atoms with E-state index in [1.807, 2.05) is 4.90 Å². The van der Waals surface area contributed by atoms with Gasteiger partial charge in [-0.1, -0.05) is 11.6 Å². The van der Waals surface area contributed by atoms with Crippen molar-refractivity contribution in [2.24, 2.45) is 5.92 Å². The van der Waals surface area contributed by atoms with E-state index in [2.05, 4.69) is 5.32 Å². The minimum atomic E-state index is -0.784. The summed E-state index contributed by atoms with van der Waals surface area (Å²) in [5.74, 6) is -1.29. The molecule has 1 fully saturated rings. The second kappa shape index (κ2) is 6.72. The molecule has 1 unspecified atom stereocenters. The Bertz CT molecular complexity index is 490. The highest BCUT2D eigenvalue weighted by atomic mass is 35.5. The molecule has 0 spiro atoms. The number of benzene rings is 1. The molecule has 0 saturated carbocycles. The van der Waals surface area contributed by atoms with Crippen LogP contribution in [0.4, 0.5) is 5.69 Å². The van der Waals surface area contributed by atoms with Crippen LogP contribution in [0.1, 0.15) is 12.8 Å². The molecule has 1 aromatic carbocycles. The number of carbonyl (C=O) groups excluding carboxylic acids is 1. The predicted molar refractivity (Wildman–Crippen MR) is 76.9 cm³/mol. The van der Waals surface area contributed by atoms with E-state index in [1.54, 1.807) is 24.3 Å². The largest absolute Gasteiger partial charge is 0.481 e. The van der Waals surface area contributed by atoms with Gasteiger partial charge in [0, 0.05) is 17.3 Å². The number of carbonyl (C=O) groups is 2. The fourth-order valence-electron chi connectivity index (χ4n) is 2.34. The van der Waals surface area contributed by atoms with Gasteiger partial charge in [-0.05, 0) is 43.7 Å². The number of piperidine rings is 1. The Morgan fingerprint density at radius 1 is 1.35 bits per heavy atom. The molecule has 6 heteroatoms. The van der Waals surface area contributed by atoms with E-state index in [-0.39, 0.29) is 18.4 Å². The molecule has 2 N–H and O–H groups in total. The molecule has 1 aliphatic rings. The summed E-state index contributed by atoms with van der Waals surface area (Å²) in [6.07, 6.45) is 1.50. The quantitative estimate of drug-likeness (QED) is 0.892. The van der Waals surface area contributed by atoms with E-state index < -0.39 is 5.97 Å². The molecule has 0 bridgehead atoms. The first kappa shape index (κ1) is 14.8. The van der Waals surface area contributed by atoms with Crippen LogP contribution in [0, 0.1) is 5.92 Å². The zero-order valence-corrected chi connectivity index (χ0v) is 11.8. The van der Waals surface area contributed by atoms with Gasteiger partial charge in [-0.3, -0.25) is 14.5 Å². The van der Waals surface area contributed by atoms with Crippen molar-refractivity contribution in [3.05, 3.63) is 29.3 Å². The van der Waals surface area contributed by atoms with Gasteiger partial charge in [0.1, 0.15) is 0 Å². The normalized spacial score (nSPS) is 19.6. The van der Waals surface area contributed by atoms with Gasteiger partial charge in [-0.2, -0.15) is 0 Å². The summed E-state index contributed by atoms with van der Waals surface area (Å²) < 4.78 is 0. The zero-order valence-electron chi connectivity index (χ0n) is 11.0. The Labute approximate surface area is 122 Å². The van der Waals surface area contributed by atoms with E-state index in [0.29, 0.717) is 23.7 Å². The highest BCUT2D eigenvalue weighted by molar-refractivity contribution is 6.30. The topological polar surface area (TPSA) is 69.6 Å². The van der Waals surface area contributed by atoms with Crippen LogP contribution in [0.15, 0.2) is 24.3 Å². The molecule has 20 heavy (non-hydrogen) atoms. The van der Waals surface area contributed by atoms with Crippen LogP contribution in [0.3, 0.4) is 0 Å². The molecule has 1 atom stereocenters. The second-order valence-electron chi connectivity index (χ2n) is 4.97. The molecular formula is C14H17ClN2O3. The molecule has 1 aromatic rings. The number of aliphatic carboxylic acids is 1. The Kier molecular flexibility index (Phi) is 4.98. The number of hydrogen-bond donors (Lipinski definition) is 2. The van der Waals surface area contributed by atoms with Crippen LogP contribution in [-0.4, -0.2) is 41.5 Å². The lowest BCUT2D eigenvalue weighted by atomic mass is 9.98. The number of nitrogens with zero attached hydrogens (tertiary/aromatic N) is 1. The highest BCUT2D eigenvalue weighted by Crippen LogP contribution is 2.17. The van der Waals surface area contributed by atoms with Crippen LogP contribution in [0.5, 0.6) is 0 Å². The van der Waals surface area contributed by atoms with E-state index in [0.717, 1.165) is 13.0 Å². The number of nitrogens with one attached hydrogen (secondary N) is 1. The Morgan fingerprint density at radius 2 is 2.05 bits per heavy atom. The minimum Gasteiger partial charge on any atom is -0.481 e. The van der Waals surface area contributed by atoms with Crippen molar-refractivity contribution < 1.29 is 14.7 Å². The van der Waals surface area contributed by atoms with Crippen molar-refractivity contribution in [1.82, 2.24) is 4.90 Å². The number of hydrogen-bond acceptors (Lipinski definition) is 3. The van der Waals surface area contributed by atoms with Crippen molar-refractivity contribution in [3.8, 4) is 0 Å². The van der Waals surface area contributed by atoms with Gasteiger partial charge in [0.2, 0.25) is 5.91 Å². The lowest BCUT2D eigenvalue weighted by Crippen LogP contribution is -2.42. The van der Waals surface area contributed by atoms with Gasteiger partial charge in [0.05, 0.1) is 12.5 Å². The molecule has 1 amide bonds. The van der Waals surface area contributed by atoms with Gasteiger partial charge in [0.15, 0.2) is 0 Å². The van der Waals surface area contributed by atoms with Gasteiger partial charge in [0.25, 0.3) is 0 Å². The maximum atomic E-state index is 11.9. The summed E-state index contributed by atoms with van der Waals surface area (Å²) in [7, 11) is 0. The third kappa shape index (κ3) is 4.21. The number of amides is 1. The summed E-state index contributed by atoms with van der Waals surface area (Å²) in [5, 5.41) is 12.4. The second-order valence-corrected chi connectivity index (χ2v) is 5.40. The summed E-state index contributed by atoms with van der Waals surface area (Å²) >= 11 is 5.77. The molecular weight excluding hydrogens is 280 g/mol. The summed E-state index contributed by atoms with van der Waals surface area (Å²) in [6, 6.07) is 6.88. The van der Waals surface area contributed by atoms with Gasteiger partial charge < -0.3 is 10.4 Å². The van der Waals surface area contributed by atoms with Crippen molar-refractivity contribution in [3.63, 3.8) is 0 Å². The molecule has 0 aliphatic carbocycles. The van der Waals surface area contributed by atoms with E-state index in [1.165, 1.54) is 0 Å². The molecule has 1 heterocycles. The summed E-state index contributed by atoms with van der Waals surface area (Å²) in [4.78, 5) is 24.8. The summed E-state index contributed by atoms with van der Waals surface area (Å²) in [5.41, 5.74) is 0.686. The number of rotatable bonds is 4. The lowest BCUT2D eigenvalue weighted by molar-refractivity contribution is -0.144. The standard InChI is InChI=1S/C14H17ClN2O3/c15-11-3-5-12(6-4-11)16-13(18)9-17-7-1-2-10(8-17)14(19)20/h3-6,10H,1-2,7-9H2,(H,16,18)(H,19,20). The van der Waals surface area contributed by atoms with Crippen LogP contribution < -0.4 is 5.32 Å².